The lowest BCUT2D eigenvalue weighted by molar-refractivity contribution is -0.114. The Morgan fingerprint density at radius 1 is 1.00 bits per heavy atom. The fraction of sp³-hybridized carbons (Fsp3) is 0.125. The summed E-state index contributed by atoms with van der Waals surface area (Å²) in [6, 6.07) is 21.7. The smallest absolute Gasteiger partial charge is 0.282 e. The Labute approximate surface area is 169 Å². The number of hydrogen-bond donors (Lipinski definition) is 0. The highest BCUT2D eigenvalue weighted by Gasteiger charge is 2.37. The average molecular weight is 381 g/mol. The molecule has 5 nitrogen and oxygen atoms in total. The van der Waals surface area contributed by atoms with Crippen molar-refractivity contribution in [3.8, 4) is 5.75 Å². The van der Waals surface area contributed by atoms with E-state index in [1.54, 1.807) is 19.4 Å². The van der Waals surface area contributed by atoms with Crippen molar-refractivity contribution < 1.29 is 9.53 Å². The Morgan fingerprint density at radius 3 is 2.55 bits per heavy atom. The number of carbonyl (C=O) groups is 1. The Balaban J connectivity index is 1.54. The fourth-order valence-electron chi connectivity index (χ4n) is 3.91. The summed E-state index contributed by atoms with van der Waals surface area (Å²) in [6.07, 6.45) is 4.52. The first kappa shape index (κ1) is 17.4. The zero-order valence-electron chi connectivity index (χ0n) is 15.9. The van der Waals surface area contributed by atoms with Gasteiger partial charge in [0.05, 0.1) is 12.7 Å². The van der Waals surface area contributed by atoms with E-state index in [1.807, 2.05) is 42.5 Å². The molecule has 1 aliphatic carbocycles. The third-order valence-corrected chi connectivity index (χ3v) is 5.34. The van der Waals surface area contributed by atoms with E-state index >= 15 is 0 Å². The summed E-state index contributed by atoms with van der Waals surface area (Å²) in [5.74, 6) is 1.33. The lowest BCUT2D eigenvalue weighted by Crippen LogP contribution is -2.24. The van der Waals surface area contributed by atoms with Gasteiger partial charge in [0.2, 0.25) is 0 Å². The molecule has 1 amide bonds. The minimum absolute atomic E-state index is 0.0983. The maximum atomic E-state index is 13.1. The number of carbonyl (C=O) groups excluding carboxylic acids is 1. The summed E-state index contributed by atoms with van der Waals surface area (Å²) >= 11 is 0. The van der Waals surface area contributed by atoms with Crippen LogP contribution in [0.25, 0.3) is 0 Å². The summed E-state index contributed by atoms with van der Waals surface area (Å²) in [6.45, 7) is 0. The van der Waals surface area contributed by atoms with E-state index in [1.165, 1.54) is 16.1 Å². The summed E-state index contributed by atoms with van der Waals surface area (Å²) in [5, 5.41) is 6.02. The molecule has 0 bridgehead atoms. The molecule has 0 radical (unpaired) electrons. The molecule has 0 spiro atoms. The number of nitrogens with zero attached hydrogens (tertiary/aromatic N) is 3. The first-order valence-corrected chi connectivity index (χ1v) is 9.53. The minimum Gasteiger partial charge on any atom is -0.497 e. The van der Waals surface area contributed by atoms with Gasteiger partial charge in [0, 0.05) is 17.7 Å². The average Bonchev–Trinajstić information content (AvgIpc) is 3.12. The first-order valence-electron chi connectivity index (χ1n) is 9.53. The molecule has 3 aromatic rings. The number of hydrazone groups is 1. The quantitative estimate of drug-likeness (QED) is 0.683. The molecule has 1 unspecified atom stereocenters. The van der Waals surface area contributed by atoms with Crippen LogP contribution in [0, 0.1) is 0 Å². The molecule has 0 saturated heterocycles. The molecule has 5 rings (SSSR count). The van der Waals surface area contributed by atoms with Gasteiger partial charge in [-0.3, -0.25) is 4.79 Å². The molecule has 5 heteroatoms. The van der Waals surface area contributed by atoms with Gasteiger partial charge >= 0.3 is 0 Å². The number of amides is 1. The Hall–Kier alpha value is -3.73. The number of anilines is 1. The van der Waals surface area contributed by atoms with Crippen molar-refractivity contribution >= 4 is 17.4 Å². The van der Waals surface area contributed by atoms with Gasteiger partial charge in [-0.1, -0.05) is 48.5 Å². The maximum absolute atomic E-state index is 13.1. The summed E-state index contributed by atoms with van der Waals surface area (Å²) < 4.78 is 5.26. The van der Waals surface area contributed by atoms with Crippen LogP contribution in [0.3, 0.4) is 0 Å². The molecule has 2 aliphatic rings. The first-order chi connectivity index (χ1) is 14.2. The monoisotopic (exact) mass is 381 g/mol. The molecule has 0 saturated carbocycles. The van der Waals surface area contributed by atoms with E-state index in [4.69, 9.17) is 4.74 Å². The van der Waals surface area contributed by atoms with Gasteiger partial charge in [0.15, 0.2) is 5.82 Å². The van der Waals surface area contributed by atoms with Crippen LogP contribution in [-0.4, -0.2) is 23.7 Å². The molecule has 1 aromatic heterocycles. The second kappa shape index (κ2) is 7.02. The maximum Gasteiger partial charge on any atom is 0.282 e. The van der Waals surface area contributed by atoms with E-state index in [0.29, 0.717) is 11.4 Å². The van der Waals surface area contributed by atoms with Crippen LogP contribution in [0.15, 0.2) is 89.7 Å². The number of rotatable bonds is 4. The highest BCUT2D eigenvalue weighted by atomic mass is 16.5. The molecular weight excluding hydrogens is 362 g/mol. The fourth-order valence-corrected chi connectivity index (χ4v) is 3.91. The molecule has 1 aliphatic heterocycles. The van der Waals surface area contributed by atoms with E-state index < -0.39 is 0 Å². The van der Waals surface area contributed by atoms with Crippen molar-refractivity contribution in [1.29, 1.82) is 0 Å². The molecule has 0 fully saturated rings. The van der Waals surface area contributed by atoms with Gasteiger partial charge in [-0.05, 0) is 41.8 Å². The molecular formula is C24H19N3O2. The highest BCUT2D eigenvalue weighted by Crippen LogP contribution is 2.37. The number of allylic oxidation sites excluding steroid dienone is 1. The van der Waals surface area contributed by atoms with E-state index in [9.17, 15) is 4.79 Å². The molecule has 2 aromatic carbocycles. The van der Waals surface area contributed by atoms with Crippen molar-refractivity contribution in [2.75, 3.05) is 12.1 Å². The van der Waals surface area contributed by atoms with Crippen molar-refractivity contribution in [2.24, 2.45) is 5.10 Å². The Kier molecular flexibility index (Phi) is 4.21. The predicted octanol–water partition coefficient (Wildman–Crippen LogP) is 4.11. The van der Waals surface area contributed by atoms with Crippen LogP contribution in [0.2, 0.25) is 0 Å². The number of hydrogen-bond acceptors (Lipinski definition) is 4. The number of aromatic nitrogens is 1. The second-order valence-electron chi connectivity index (χ2n) is 7.08. The van der Waals surface area contributed by atoms with Crippen molar-refractivity contribution in [3.05, 3.63) is 101 Å². The summed E-state index contributed by atoms with van der Waals surface area (Å²) in [5.41, 5.74) is 4.75. The van der Waals surface area contributed by atoms with Crippen LogP contribution >= 0.6 is 0 Å². The molecule has 1 atom stereocenters. The second-order valence-corrected chi connectivity index (χ2v) is 7.08. The number of benzene rings is 2. The third kappa shape index (κ3) is 3.01. The Morgan fingerprint density at radius 2 is 1.79 bits per heavy atom. The SMILES string of the molecule is COc1ccc(CC2C=C3C(=O)N(c4ccccn4)N=C3c3ccccc32)cc1. The third-order valence-electron chi connectivity index (χ3n) is 5.34. The van der Waals surface area contributed by atoms with Crippen LogP contribution in [0.4, 0.5) is 5.82 Å². The van der Waals surface area contributed by atoms with Crippen molar-refractivity contribution in [2.45, 2.75) is 12.3 Å². The molecule has 0 N–H and O–H groups in total. The normalized spacial score (nSPS) is 17.3. The van der Waals surface area contributed by atoms with Gasteiger partial charge in [0.25, 0.3) is 5.91 Å². The summed E-state index contributed by atoms with van der Waals surface area (Å²) in [4.78, 5) is 17.4. The number of fused-ring (bicyclic) bond motifs is 3. The van der Waals surface area contributed by atoms with E-state index in [0.717, 1.165) is 23.4 Å². The molecule has 2 heterocycles. The minimum atomic E-state index is -0.132. The molecule has 142 valence electrons. The predicted molar refractivity (Wildman–Crippen MR) is 112 cm³/mol. The zero-order valence-corrected chi connectivity index (χ0v) is 15.9. The van der Waals surface area contributed by atoms with Crippen LogP contribution in [-0.2, 0) is 11.2 Å². The van der Waals surface area contributed by atoms with Gasteiger partial charge in [-0.25, -0.2) is 4.98 Å². The number of ether oxygens (including phenoxy) is 1. The number of methoxy groups -OCH3 is 1. The lowest BCUT2D eigenvalue weighted by Gasteiger charge is -2.23. The van der Waals surface area contributed by atoms with Gasteiger partial charge in [-0.2, -0.15) is 10.1 Å². The standard InChI is InChI=1S/C24H19N3O2/c1-29-18-11-9-16(10-12-18)14-17-15-21-23(20-7-3-2-6-19(17)20)26-27(24(21)28)22-8-4-5-13-25-22/h2-13,15,17H,14H2,1H3. The topological polar surface area (TPSA) is 54.8 Å². The Bertz CT molecular complexity index is 1130. The van der Waals surface area contributed by atoms with E-state index in [-0.39, 0.29) is 11.8 Å². The highest BCUT2D eigenvalue weighted by molar-refractivity contribution is 6.36. The van der Waals surface area contributed by atoms with Crippen LogP contribution in [0.5, 0.6) is 5.75 Å². The lowest BCUT2D eigenvalue weighted by atomic mass is 9.80. The van der Waals surface area contributed by atoms with Crippen LogP contribution < -0.4 is 9.75 Å². The zero-order chi connectivity index (χ0) is 19.8. The van der Waals surface area contributed by atoms with E-state index in [2.05, 4.69) is 34.4 Å². The number of pyridine rings is 1. The van der Waals surface area contributed by atoms with Gasteiger partial charge < -0.3 is 4.74 Å². The van der Waals surface area contributed by atoms with Crippen molar-refractivity contribution in [3.63, 3.8) is 0 Å². The molecule has 29 heavy (non-hydrogen) atoms. The van der Waals surface area contributed by atoms with Crippen LogP contribution in [0.1, 0.15) is 22.6 Å². The van der Waals surface area contributed by atoms with Crippen molar-refractivity contribution in [1.82, 2.24) is 4.98 Å². The van der Waals surface area contributed by atoms with Gasteiger partial charge in [0.1, 0.15) is 11.5 Å². The largest absolute Gasteiger partial charge is 0.497 e. The summed E-state index contributed by atoms with van der Waals surface area (Å²) in [7, 11) is 1.66. The van der Waals surface area contributed by atoms with Gasteiger partial charge in [-0.15, -0.1) is 0 Å².